The summed E-state index contributed by atoms with van der Waals surface area (Å²) in [7, 11) is 2.01. The Hall–Kier alpha value is -1.15. The molecule has 0 N–H and O–H groups in total. The lowest BCUT2D eigenvalue weighted by molar-refractivity contribution is 0.489. The fourth-order valence-corrected chi connectivity index (χ4v) is 3.12. The van der Waals surface area contributed by atoms with Gasteiger partial charge in [0, 0.05) is 25.1 Å². The summed E-state index contributed by atoms with van der Waals surface area (Å²) in [5.74, 6) is 0.863. The highest BCUT2D eigenvalue weighted by atomic mass is 127. The van der Waals surface area contributed by atoms with E-state index in [9.17, 15) is 0 Å². The first-order valence-electron chi connectivity index (χ1n) is 7.07. The maximum Gasteiger partial charge on any atom is 0.213 e. The molecule has 4 nitrogen and oxygen atoms in total. The van der Waals surface area contributed by atoms with Gasteiger partial charge in [0.1, 0.15) is 5.75 Å². The average molecular weight is 429 g/mol. The van der Waals surface area contributed by atoms with Crippen LogP contribution in [0.1, 0.15) is 23.7 Å². The third-order valence-corrected chi connectivity index (χ3v) is 5.81. The Balaban J connectivity index is 2.26. The lowest BCUT2D eigenvalue weighted by Gasteiger charge is -2.12. The molecule has 0 aliphatic rings. The monoisotopic (exact) mass is 429 g/mol. The predicted octanol–water partition coefficient (Wildman–Crippen LogP) is 5.08. The summed E-state index contributed by atoms with van der Waals surface area (Å²) in [6, 6.07) is 4.10. The van der Waals surface area contributed by atoms with Crippen molar-refractivity contribution in [1.29, 1.82) is 0 Å². The van der Waals surface area contributed by atoms with Crippen LogP contribution in [0.2, 0.25) is 0 Å². The van der Waals surface area contributed by atoms with Gasteiger partial charge in [0.25, 0.3) is 0 Å². The van der Waals surface area contributed by atoms with Gasteiger partial charge >= 0.3 is 0 Å². The van der Waals surface area contributed by atoms with Crippen LogP contribution < -0.4 is 4.74 Å². The molecule has 0 saturated heterocycles. The summed E-state index contributed by atoms with van der Waals surface area (Å²) < 4.78 is 11.4. The summed E-state index contributed by atoms with van der Waals surface area (Å²) in [6.45, 7) is 9.11. The maximum absolute atomic E-state index is 6.03. The van der Waals surface area contributed by atoms with Gasteiger partial charge in [-0.15, -0.1) is 0 Å². The molecule has 0 unspecified atom stereocenters. The van der Waals surface area contributed by atoms with Crippen LogP contribution in [0.4, 0.5) is 5.69 Å². The molecular formula is C16H20IN3OS. The Morgan fingerprint density at radius 2 is 2.05 bits per heavy atom. The third kappa shape index (κ3) is 3.98. The van der Waals surface area contributed by atoms with E-state index >= 15 is 0 Å². The first kappa shape index (κ1) is 17.2. The number of rotatable bonds is 5. The van der Waals surface area contributed by atoms with Crippen molar-refractivity contribution < 1.29 is 4.74 Å². The minimum atomic E-state index is 0.850. The van der Waals surface area contributed by atoms with E-state index < -0.39 is 0 Å². The number of hydrogen-bond donors (Lipinski definition) is 0. The molecule has 6 heteroatoms. The van der Waals surface area contributed by atoms with E-state index in [0.29, 0.717) is 0 Å². The van der Waals surface area contributed by atoms with Crippen LogP contribution >= 0.6 is 34.1 Å². The number of aliphatic imine (C=N–C) groups is 1. The van der Waals surface area contributed by atoms with Crippen LogP contribution in [0.15, 0.2) is 17.1 Å². The summed E-state index contributed by atoms with van der Waals surface area (Å²) in [5, 5.41) is 0.850. The molecule has 2 aromatic rings. The van der Waals surface area contributed by atoms with Crippen molar-refractivity contribution in [1.82, 2.24) is 9.27 Å². The molecule has 0 aliphatic carbocycles. The van der Waals surface area contributed by atoms with E-state index in [2.05, 4.69) is 44.9 Å². The van der Waals surface area contributed by atoms with E-state index in [1.54, 1.807) is 0 Å². The van der Waals surface area contributed by atoms with E-state index in [-0.39, 0.29) is 0 Å². The Bertz CT molecular complexity index is 697. The standard InChI is InChI=1S/C16H20IN3OS/c1-6-20(5)9-18-13-7-11(3)14(8-10(13)2)21-16-15(17)12(4)19-22-16/h7-9H,6H2,1-5H3/b18-9+. The van der Waals surface area contributed by atoms with Crippen molar-refractivity contribution in [2.45, 2.75) is 27.7 Å². The zero-order valence-electron chi connectivity index (χ0n) is 13.5. The lowest BCUT2D eigenvalue weighted by atomic mass is 10.1. The SMILES string of the molecule is CCN(C)/C=N/c1cc(C)c(Oc2snc(C)c2I)cc1C. The number of aryl methyl sites for hydroxylation is 3. The van der Waals surface area contributed by atoms with Gasteiger partial charge in [-0.2, -0.15) is 4.37 Å². The largest absolute Gasteiger partial charge is 0.444 e. The predicted molar refractivity (Wildman–Crippen MR) is 102 cm³/mol. The van der Waals surface area contributed by atoms with Gasteiger partial charge in [0.2, 0.25) is 5.06 Å². The van der Waals surface area contributed by atoms with Gasteiger partial charge in [0.15, 0.2) is 0 Å². The summed E-state index contributed by atoms with van der Waals surface area (Å²) in [5.41, 5.74) is 4.15. The Kier molecular flexibility index (Phi) is 5.80. The highest BCUT2D eigenvalue weighted by Crippen LogP contribution is 2.36. The topological polar surface area (TPSA) is 37.7 Å². The van der Waals surface area contributed by atoms with Crippen molar-refractivity contribution in [2.75, 3.05) is 13.6 Å². The van der Waals surface area contributed by atoms with E-state index in [1.807, 2.05) is 45.1 Å². The van der Waals surface area contributed by atoms with Crippen LogP contribution in [0.25, 0.3) is 0 Å². The highest BCUT2D eigenvalue weighted by molar-refractivity contribution is 14.1. The maximum atomic E-state index is 6.03. The molecule has 0 radical (unpaired) electrons. The average Bonchev–Trinajstić information content (AvgIpc) is 2.80. The molecule has 0 spiro atoms. The summed E-state index contributed by atoms with van der Waals surface area (Å²) in [4.78, 5) is 6.58. The molecule has 1 heterocycles. The Morgan fingerprint density at radius 3 is 2.64 bits per heavy atom. The van der Waals surface area contributed by atoms with Crippen molar-refractivity contribution in [3.63, 3.8) is 0 Å². The third-order valence-electron chi connectivity index (χ3n) is 3.35. The van der Waals surface area contributed by atoms with Crippen molar-refractivity contribution in [3.05, 3.63) is 32.5 Å². The number of nitrogens with zero attached hydrogens (tertiary/aromatic N) is 3. The van der Waals surface area contributed by atoms with Gasteiger partial charge in [0.05, 0.1) is 21.3 Å². The summed E-state index contributed by atoms with van der Waals surface area (Å²) in [6.07, 6.45) is 1.86. The molecule has 118 valence electrons. The van der Waals surface area contributed by atoms with Gasteiger partial charge in [-0.05, 0) is 73.5 Å². The second-order valence-corrected chi connectivity index (χ2v) is 7.01. The number of benzene rings is 1. The van der Waals surface area contributed by atoms with Crippen molar-refractivity contribution in [3.8, 4) is 10.8 Å². The van der Waals surface area contributed by atoms with Crippen LogP contribution in [0, 0.1) is 24.3 Å². The molecule has 1 aromatic carbocycles. The Labute approximate surface area is 149 Å². The normalized spacial score (nSPS) is 11.2. The quantitative estimate of drug-likeness (QED) is 0.378. The smallest absolute Gasteiger partial charge is 0.213 e. The molecule has 0 atom stereocenters. The van der Waals surface area contributed by atoms with E-state index in [4.69, 9.17) is 4.74 Å². The first-order valence-corrected chi connectivity index (χ1v) is 8.92. The van der Waals surface area contributed by atoms with Crippen molar-refractivity contribution >= 4 is 46.1 Å². The molecule has 1 aromatic heterocycles. The zero-order valence-corrected chi connectivity index (χ0v) is 16.4. The second kappa shape index (κ2) is 7.41. The van der Waals surface area contributed by atoms with Crippen molar-refractivity contribution in [2.24, 2.45) is 4.99 Å². The molecule has 0 bridgehead atoms. The zero-order chi connectivity index (χ0) is 16.3. The van der Waals surface area contributed by atoms with Crippen LogP contribution in [-0.2, 0) is 0 Å². The fraction of sp³-hybridized carbons (Fsp3) is 0.375. The van der Waals surface area contributed by atoms with Crippen LogP contribution in [-0.4, -0.2) is 29.2 Å². The van der Waals surface area contributed by atoms with Crippen LogP contribution in [0.3, 0.4) is 0 Å². The lowest BCUT2D eigenvalue weighted by Crippen LogP contribution is -2.14. The fourth-order valence-electron chi connectivity index (χ4n) is 1.77. The van der Waals surface area contributed by atoms with E-state index in [0.717, 1.165) is 43.4 Å². The number of ether oxygens (including phenoxy) is 1. The van der Waals surface area contributed by atoms with Gasteiger partial charge in [-0.1, -0.05) is 0 Å². The molecule has 0 saturated carbocycles. The first-order chi connectivity index (χ1) is 10.4. The summed E-state index contributed by atoms with van der Waals surface area (Å²) >= 11 is 3.66. The molecule has 0 amide bonds. The minimum absolute atomic E-state index is 0.850. The molecule has 22 heavy (non-hydrogen) atoms. The number of hydrogen-bond acceptors (Lipinski definition) is 4. The molecule has 2 rings (SSSR count). The number of aromatic nitrogens is 1. The second-order valence-electron chi connectivity index (χ2n) is 5.19. The molecular weight excluding hydrogens is 409 g/mol. The van der Waals surface area contributed by atoms with E-state index in [1.165, 1.54) is 11.5 Å². The minimum Gasteiger partial charge on any atom is -0.444 e. The number of halogens is 1. The Morgan fingerprint density at radius 1 is 1.32 bits per heavy atom. The highest BCUT2D eigenvalue weighted by Gasteiger charge is 2.12. The molecule has 0 aliphatic heterocycles. The molecule has 0 fully saturated rings. The van der Waals surface area contributed by atoms with Gasteiger partial charge < -0.3 is 9.64 Å². The van der Waals surface area contributed by atoms with Crippen LogP contribution in [0.5, 0.6) is 10.8 Å². The van der Waals surface area contributed by atoms with Gasteiger partial charge in [-0.25, -0.2) is 4.99 Å². The van der Waals surface area contributed by atoms with Gasteiger partial charge in [-0.3, -0.25) is 0 Å².